The molecule has 1 N–H and O–H groups in total. The first-order valence-corrected chi connectivity index (χ1v) is 7.92. The molecular formula is C15H16FNO3S. The molecule has 0 unspecified atom stereocenters. The second kappa shape index (κ2) is 6.13. The summed E-state index contributed by atoms with van der Waals surface area (Å²) in [6.45, 7) is 4.01. The third-order valence-electron chi connectivity index (χ3n) is 2.77. The number of rotatable bonds is 5. The van der Waals surface area contributed by atoms with Crippen molar-refractivity contribution in [3.63, 3.8) is 0 Å². The van der Waals surface area contributed by atoms with E-state index < -0.39 is 15.8 Å². The highest BCUT2D eigenvalue weighted by Crippen LogP contribution is 2.23. The molecule has 0 aliphatic rings. The molecule has 112 valence electrons. The Balaban J connectivity index is 2.33. The van der Waals surface area contributed by atoms with Crippen LogP contribution in [0.15, 0.2) is 47.4 Å². The molecule has 0 saturated heterocycles. The molecule has 21 heavy (non-hydrogen) atoms. The Morgan fingerprint density at radius 3 is 2.67 bits per heavy atom. The minimum atomic E-state index is -3.98. The monoisotopic (exact) mass is 309 g/mol. The largest absolute Gasteiger partial charge is 0.494 e. The van der Waals surface area contributed by atoms with Gasteiger partial charge in [0.05, 0.1) is 12.3 Å². The Kier molecular flexibility index (Phi) is 4.47. The lowest BCUT2D eigenvalue weighted by Crippen LogP contribution is -2.14. The lowest BCUT2D eigenvalue weighted by Gasteiger charge is -2.11. The molecule has 0 saturated carbocycles. The van der Waals surface area contributed by atoms with Gasteiger partial charge in [-0.25, -0.2) is 12.8 Å². The summed E-state index contributed by atoms with van der Waals surface area (Å²) < 4.78 is 45.9. The zero-order valence-electron chi connectivity index (χ0n) is 11.8. The summed E-state index contributed by atoms with van der Waals surface area (Å²) in [5.41, 5.74) is 0.988. The first-order chi connectivity index (χ1) is 9.92. The van der Waals surface area contributed by atoms with E-state index in [0.717, 1.165) is 6.07 Å². The molecule has 2 rings (SSSR count). The summed E-state index contributed by atoms with van der Waals surface area (Å²) in [5, 5.41) is 0. The maximum atomic E-state index is 13.7. The number of anilines is 1. The van der Waals surface area contributed by atoms with E-state index in [1.54, 1.807) is 31.2 Å². The molecule has 4 nitrogen and oxygen atoms in total. The summed E-state index contributed by atoms with van der Waals surface area (Å²) >= 11 is 0. The van der Waals surface area contributed by atoms with Crippen molar-refractivity contribution in [2.24, 2.45) is 0 Å². The van der Waals surface area contributed by atoms with Gasteiger partial charge in [0.2, 0.25) is 0 Å². The number of aryl methyl sites for hydroxylation is 1. The molecule has 0 heterocycles. The van der Waals surface area contributed by atoms with E-state index in [1.165, 1.54) is 12.1 Å². The number of hydrogen-bond donors (Lipinski definition) is 1. The average Bonchev–Trinajstić information content (AvgIpc) is 2.42. The standard InChI is InChI=1S/C15H16FNO3S/c1-3-20-13-6-4-5-12(10-13)17-21(18,19)15-9-11(2)7-8-14(15)16/h4-10,17H,3H2,1-2H3. The number of sulfonamides is 1. The summed E-state index contributed by atoms with van der Waals surface area (Å²) in [6.07, 6.45) is 0. The highest BCUT2D eigenvalue weighted by molar-refractivity contribution is 7.92. The first kappa shape index (κ1) is 15.3. The van der Waals surface area contributed by atoms with Crippen LogP contribution in [0.2, 0.25) is 0 Å². The second-order valence-electron chi connectivity index (χ2n) is 4.50. The third kappa shape index (κ3) is 3.72. The van der Waals surface area contributed by atoms with Crippen LogP contribution in [-0.2, 0) is 10.0 Å². The van der Waals surface area contributed by atoms with Crippen LogP contribution in [0, 0.1) is 12.7 Å². The van der Waals surface area contributed by atoms with Crippen molar-refractivity contribution in [1.82, 2.24) is 0 Å². The zero-order valence-corrected chi connectivity index (χ0v) is 12.6. The first-order valence-electron chi connectivity index (χ1n) is 6.44. The van der Waals surface area contributed by atoms with Crippen molar-refractivity contribution in [3.8, 4) is 5.75 Å². The van der Waals surface area contributed by atoms with Gasteiger partial charge in [-0.3, -0.25) is 4.72 Å². The predicted octanol–water partition coefficient (Wildman–Crippen LogP) is 3.33. The molecule has 2 aromatic rings. The average molecular weight is 309 g/mol. The van der Waals surface area contributed by atoms with E-state index in [9.17, 15) is 12.8 Å². The van der Waals surface area contributed by atoms with Gasteiger partial charge in [0.25, 0.3) is 10.0 Å². The summed E-state index contributed by atoms with van der Waals surface area (Å²) in [6, 6.07) is 10.5. The number of hydrogen-bond acceptors (Lipinski definition) is 3. The maximum absolute atomic E-state index is 13.7. The molecule has 0 amide bonds. The van der Waals surface area contributed by atoms with Crippen molar-refractivity contribution in [2.75, 3.05) is 11.3 Å². The van der Waals surface area contributed by atoms with Crippen molar-refractivity contribution in [3.05, 3.63) is 53.8 Å². The lowest BCUT2D eigenvalue weighted by atomic mass is 10.2. The van der Waals surface area contributed by atoms with Crippen LogP contribution in [0.5, 0.6) is 5.75 Å². The molecule has 6 heteroatoms. The van der Waals surface area contributed by atoms with Gasteiger partial charge >= 0.3 is 0 Å². The van der Waals surface area contributed by atoms with Gasteiger partial charge in [-0.2, -0.15) is 0 Å². The zero-order chi connectivity index (χ0) is 15.5. The summed E-state index contributed by atoms with van der Waals surface area (Å²) in [7, 11) is -3.98. The van der Waals surface area contributed by atoms with Gasteiger partial charge in [0.15, 0.2) is 0 Å². The molecule has 0 spiro atoms. The smallest absolute Gasteiger partial charge is 0.264 e. The van der Waals surface area contributed by atoms with Gasteiger partial charge in [0, 0.05) is 6.07 Å². The van der Waals surface area contributed by atoms with Crippen LogP contribution in [-0.4, -0.2) is 15.0 Å². The normalized spacial score (nSPS) is 11.2. The highest BCUT2D eigenvalue weighted by Gasteiger charge is 2.19. The molecule has 0 fully saturated rings. The highest BCUT2D eigenvalue weighted by atomic mass is 32.2. The summed E-state index contributed by atoms with van der Waals surface area (Å²) in [5.74, 6) is -0.239. The minimum Gasteiger partial charge on any atom is -0.494 e. The quantitative estimate of drug-likeness (QED) is 0.921. The number of ether oxygens (including phenoxy) is 1. The van der Waals surface area contributed by atoms with E-state index in [1.807, 2.05) is 6.92 Å². The van der Waals surface area contributed by atoms with Gasteiger partial charge in [-0.05, 0) is 43.7 Å². The van der Waals surface area contributed by atoms with Crippen LogP contribution in [0.4, 0.5) is 10.1 Å². The van der Waals surface area contributed by atoms with E-state index in [-0.39, 0.29) is 4.90 Å². The molecule has 0 aliphatic heterocycles. The molecule has 0 atom stereocenters. The van der Waals surface area contributed by atoms with Crippen molar-refractivity contribution in [2.45, 2.75) is 18.7 Å². The van der Waals surface area contributed by atoms with E-state index in [2.05, 4.69) is 4.72 Å². The van der Waals surface area contributed by atoms with Crippen LogP contribution < -0.4 is 9.46 Å². The van der Waals surface area contributed by atoms with Crippen molar-refractivity contribution in [1.29, 1.82) is 0 Å². The fraction of sp³-hybridized carbons (Fsp3) is 0.200. The topological polar surface area (TPSA) is 55.4 Å². The molecule has 0 aromatic heterocycles. The van der Waals surface area contributed by atoms with Gasteiger partial charge in [-0.15, -0.1) is 0 Å². The minimum absolute atomic E-state index is 0.321. The van der Waals surface area contributed by atoms with E-state index in [0.29, 0.717) is 23.6 Å². The molecule has 0 radical (unpaired) electrons. The Hall–Kier alpha value is -2.08. The Morgan fingerprint density at radius 1 is 1.19 bits per heavy atom. The Morgan fingerprint density at radius 2 is 1.95 bits per heavy atom. The van der Waals surface area contributed by atoms with Crippen molar-refractivity contribution >= 4 is 15.7 Å². The van der Waals surface area contributed by atoms with Gasteiger partial charge in [0.1, 0.15) is 16.5 Å². The number of nitrogens with one attached hydrogen (secondary N) is 1. The number of halogens is 1. The summed E-state index contributed by atoms with van der Waals surface area (Å²) in [4.78, 5) is -0.371. The Labute approximate surface area is 123 Å². The van der Waals surface area contributed by atoms with Crippen LogP contribution in [0.1, 0.15) is 12.5 Å². The second-order valence-corrected chi connectivity index (χ2v) is 6.15. The Bertz CT molecular complexity index is 744. The SMILES string of the molecule is CCOc1cccc(NS(=O)(=O)c2cc(C)ccc2F)c1. The number of benzene rings is 2. The molecule has 2 aromatic carbocycles. The predicted molar refractivity (Wildman–Crippen MR) is 79.6 cm³/mol. The van der Waals surface area contributed by atoms with Crippen LogP contribution in [0.3, 0.4) is 0 Å². The molecular weight excluding hydrogens is 293 g/mol. The maximum Gasteiger partial charge on any atom is 0.264 e. The fourth-order valence-electron chi connectivity index (χ4n) is 1.84. The van der Waals surface area contributed by atoms with Crippen LogP contribution >= 0.6 is 0 Å². The van der Waals surface area contributed by atoms with Gasteiger partial charge < -0.3 is 4.74 Å². The fourth-order valence-corrected chi connectivity index (χ4v) is 3.06. The molecule has 0 aliphatic carbocycles. The van der Waals surface area contributed by atoms with Gasteiger partial charge in [-0.1, -0.05) is 12.1 Å². The van der Waals surface area contributed by atoms with E-state index in [4.69, 9.17) is 4.74 Å². The van der Waals surface area contributed by atoms with Crippen LogP contribution in [0.25, 0.3) is 0 Å². The third-order valence-corrected chi connectivity index (χ3v) is 4.17. The van der Waals surface area contributed by atoms with Crippen molar-refractivity contribution < 1.29 is 17.5 Å². The molecule has 0 bridgehead atoms. The lowest BCUT2D eigenvalue weighted by molar-refractivity contribution is 0.340. The van der Waals surface area contributed by atoms with E-state index >= 15 is 0 Å².